The number of methoxy groups -OCH3 is 1. The summed E-state index contributed by atoms with van der Waals surface area (Å²) in [5.74, 6) is 0.795. The van der Waals surface area contributed by atoms with Gasteiger partial charge in [-0.1, -0.05) is 6.42 Å². The first-order valence-electron chi connectivity index (χ1n) is 10.1. The van der Waals surface area contributed by atoms with E-state index in [4.69, 9.17) is 4.74 Å². The molecule has 2 aromatic rings. The van der Waals surface area contributed by atoms with E-state index in [1.165, 1.54) is 11.3 Å². The van der Waals surface area contributed by atoms with Crippen molar-refractivity contribution in [3.8, 4) is 5.75 Å². The van der Waals surface area contributed by atoms with Gasteiger partial charge in [-0.25, -0.2) is 8.42 Å². The zero-order chi connectivity index (χ0) is 20.4. The summed E-state index contributed by atoms with van der Waals surface area (Å²) in [6, 6.07) is 9.22. The van der Waals surface area contributed by atoms with E-state index in [0.29, 0.717) is 23.8 Å². The second kappa shape index (κ2) is 8.45. The lowest BCUT2D eigenvalue weighted by Crippen LogP contribution is -2.36. The molecular formula is C21H26N2O4S2. The van der Waals surface area contributed by atoms with Gasteiger partial charge < -0.3 is 9.64 Å². The zero-order valence-electron chi connectivity index (χ0n) is 16.6. The summed E-state index contributed by atoms with van der Waals surface area (Å²) < 4.78 is 32.9. The van der Waals surface area contributed by atoms with E-state index in [2.05, 4.69) is 0 Å². The van der Waals surface area contributed by atoms with Crippen LogP contribution in [0.2, 0.25) is 0 Å². The van der Waals surface area contributed by atoms with Gasteiger partial charge in [0.25, 0.3) is 10.0 Å². The van der Waals surface area contributed by atoms with Crippen LogP contribution < -0.4 is 9.64 Å². The molecule has 4 rings (SSSR count). The highest BCUT2D eigenvalue weighted by Crippen LogP contribution is 2.32. The van der Waals surface area contributed by atoms with Crippen LogP contribution in [0.4, 0.5) is 5.69 Å². The molecule has 0 bridgehead atoms. The second-order valence-electron chi connectivity index (χ2n) is 7.51. The van der Waals surface area contributed by atoms with Crippen molar-refractivity contribution in [2.24, 2.45) is 0 Å². The minimum atomic E-state index is -3.45. The Kier molecular flexibility index (Phi) is 5.94. The van der Waals surface area contributed by atoms with Crippen molar-refractivity contribution in [1.29, 1.82) is 0 Å². The Labute approximate surface area is 176 Å². The topological polar surface area (TPSA) is 66.9 Å². The van der Waals surface area contributed by atoms with Crippen molar-refractivity contribution in [3.63, 3.8) is 0 Å². The molecule has 0 saturated carbocycles. The van der Waals surface area contributed by atoms with Crippen LogP contribution in [0.25, 0.3) is 0 Å². The molecule has 0 unspecified atom stereocenters. The van der Waals surface area contributed by atoms with Crippen molar-refractivity contribution in [2.75, 3.05) is 31.6 Å². The maximum Gasteiger partial charge on any atom is 0.252 e. The van der Waals surface area contributed by atoms with Crippen LogP contribution in [0, 0.1) is 0 Å². The Morgan fingerprint density at radius 3 is 2.62 bits per heavy atom. The maximum atomic E-state index is 13.0. The Morgan fingerprint density at radius 1 is 1.07 bits per heavy atom. The minimum Gasteiger partial charge on any atom is -0.497 e. The SMILES string of the molecule is COc1ccc2c(c1)CCCN2C(=O)Cc1ccc(S(=O)(=O)N2CCCCC2)s1. The van der Waals surface area contributed by atoms with Crippen LogP contribution in [0.5, 0.6) is 5.75 Å². The number of hydrogen-bond acceptors (Lipinski definition) is 5. The Bertz CT molecular complexity index is 994. The molecule has 0 radical (unpaired) electrons. The van der Waals surface area contributed by atoms with Crippen molar-refractivity contribution >= 4 is 33.0 Å². The van der Waals surface area contributed by atoms with Gasteiger partial charge in [0.1, 0.15) is 9.96 Å². The summed E-state index contributed by atoms with van der Waals surface area (Å²) in [6.07, 6.45) is 4.95. The number of piperidine rings is 1. The fourth-order valence-electron chi connectivity index (χ4n) is 4.03. The third kappa shape index (κ3) is 4.20. The third-order valence-electron chi connectivity index (χ3n) is 5.58. The van der Waals surface area contributed by atoms with Gasteiger partial charge in [0, 0.05) is 30.2 Å². The summed E-state index contributed by atoms with van der Waals surface area (Å²) in [4.78, 5) is 15.6. The Balaban J connectivity index is 1.49. The van der Waals surface area contributed by atoms with Gasteiger partial charge >= 0.3 is 0 Å². The number of rotatable bonds is 5. The highest BCUT2D eigenvalue weighted by atomic mass is 32.2. The largest absolute Gasteiger partial charge is 0.497 e. The first kappa shape index (κ1) is 20.4. The lowest BCUT2D eigenvalue weighted by molar-refractivity contribution is -0.118. The molecule has 1 aromatic carbocycles. The first-order chi connectivity index (χ1) is 14.0. The highest BCUT2D eigenvalue weighted by molar-refractivity contribution is 7.91. The summed E-state index contributed by atoms with van der Waals surface area (Å²) in [7, 11) is -1.81. The van der Waals surface area contributed by atoms with Crippen molar-refractivity contribution in [1.82, 2.24) is 4.31 Å². The van der Waals surface area contributed by atoms with Gasteiger partial charge in [0.2, 0.25) is 5.91 Å². The van der Waals surface area contributed by atoms with Crippen LogP contribution in [0.15, 0.2) is 34.5 Å². The molecule has 156 valence electrons. The maximum absolute atomic E-state index is 13.0. The van der Waals surface area contributed by atoms with E-state index in [9.17, 15) is 13.2 Å². The number of carbonyl (C=O) groups excluding carboxylic acids is 1. The number of ether oxygens (including phenoxy) is 1. The van der Waals surface area contributed by atoms with E-state index in [0.717, 1.165) is 54.0 Å². The van der Waals surface area contributed by atoms with Crippen molar-refractivity contribution in [2.45, 2.75) is 42.7 Å². The fourth-order valence-corrected chi connectivity index (χ4v) is 7.05. The molecule has 0 atom stereocenters. The molecule has 3 heterocycles. The number of hydrogen-bond donors (Lipinski definition) is 0. The van der Waals surface area contributed by atoms with Crippen LogP contribution in [-0.2, 0) is 27.7 Å². The predicted molar refractivity (Wildman–Crippen MR) is 114 cm³/mol. The van der Waals surface area contributed by atoms with Crippen LogP contribution in [0.3, 0.4) is 0 Å². The summed E-state index contributed by atoms with van der Waals surface area (Å²) in [5.41, 5.74) is 2.04. The van der Waals surface area contributed by atoms with Crippen LogP contribution in [-0.4, -0.2) is 45.4 Å². The van der Waals surface area contributed by atoms with E-state index in [-0.39, 0.29) is 12.3 Å². The normalized spacial score (nSPS) is 17.8. The molecule has 0 aliphatic carbocycles. The Hall–Kier alpha value is -1.90. The summed E-state index contributed by atoms with van der Waals surface area (Å²) in [6.45, 7) is 1.85. The number of amides is 1. The van der Waals surface area contributed by atoms with Gasteiger partial charge in [0.15, 0.2) is 0 Å². The number of fused-ring (bicyclic) bond motifs is 1. The molecule has 29 heavy (non-hydrogen) atoms. The predicted octanol–water partition coefficient (Wildman–Crippen LogP) is 3.45. The minimum absolute atomic E-state index is 0.000104. The number of aryl methyl sites for hydroxylation is 1. The van der Waals surface area contributed by atoms with Crippen LogP contribution >= 0.6 is 11.3 Å². The average molecular weight is 435 g/mol. The van der Waals surface area contributed by atoms with Crippen LogP contribution in [0.1, 0.15) is 36.1 Å². The van der Waals surface area contributed by atoms with E-state index >= 15 is 0 Å². The molecule has 8 heteroatoms. The van der Waals surface area contributed by atoms with E-state index in [1.54, 1.807) is 23.5 Å². The number of thiophene rings is 1. The fraction of sp³-hybridized carbons (Fsp3) is 0.476. The lowest BCUT2D eigenvalue weighted by atomic mass is 10.0. The molecular weight excluding hydrogens is 408 g/mol. The summed E-state index contributed by atoms with van der Waals surface area (Å²) in [5, 5.41) is 0. The molecule has 0 spiro atoms. The Morgan fingerprint density at radius 2 is 1.86 bits per heavy atom. The number of anilines is 1. The number of nitrogens with zero attached hydrogens (tertiary/aromatic N) is 2. The van der Waals surface area contributed by atoms with Gasteiger partial charge in [-0.2, -0.15) is 4.31 Å². The zero-order valence-corrected chi connectivity index (χ0v) is 18.2. The first-order valence-corrected chi connectivity index (χ1v) is 12.3. The molecule has 1 fully saturated rings. The number of sulfonamides is 1. The van der Waals surface area contributed by atoms with Gasteiger partial charge in [-0.3, -0.25) is 4.79 Å². The quantitative estimate of drug-likeness (QED) is 0.723. The van der Waals surface area contributed by atoms with E-state index < -0.39 is 10.0 Å². The molecule has 6 nitrogen and oxygen atoms in total. The van der Waals surface area contributed by atoms with E-state index in [1.807, 2.05) is 23.1 Å². The van der Waals surface area contributed by atoms with Gasteiger partial charge in [-0.15, -0.1) is 11.3 Å². The van der Waals surface area contributed by atoms with Crippen molar-refractivity contribution < 1.29 is 17.9 Å². The molecule has 1 aromatic heterocycles. The smallest absolute Gasteiger partial charge is 0.252 e. The third-order valence-corrected chi connectivity index (χ3v) is 9.03. The standard InChI is InChI=1S/C21H26N2O4S2/c1-27-17-7-9-19-16(14-17)6-5-13-23(19)20(24)15-18-8-10-21(28-18)29(25,26)22-11-3-2-4-12-22/h7-10,14H,2-6,11-13,15H2,1H3. The van der Waals surface area contributed by atoms with Gasteiger partial charge in [-0.05, 0) is 61.6 Å². The average Bonchev–Trinajstić information content (AvgIpc) is 3.22. The molecule has 2 aliphatic heterocycles. The molecule has 0 N–H and O–H groups in total. The molecule has 1 saturated heterocycles. The van der Waals surface area contributed by atoms with Crippen molar-refractivity contribution in [3.05, 3.63) is 40.8 Å². The number of benzene rings is 1. The summed E-state index contributed by atoms with van der Waals surface area (Å²) >= 11 is 1.22. The molecule has 2 aliphatic rings. The highest BCUT2D eigenvalue weighted by Gasteiger charge is 2.28. The second-order valence-corrected chi connectivity index (χ2v) is 10.8. The monoisotopic (exact) mass is 434 g/mol. The van der Waals surface area contributed by atoms with Gasteiger partial charge in [0.05, 0.1) is 13.5 Å². The lowest BCUT2D eigenvalue weighted by Gasteiger charge is -2.29. The number of carbonyl (C=O) groups is 1. The molecule has 1 amide bonds.